The summed E-state index contributed by atoms with van der Waals surface area (Å²) >= 11 is 0. The molecule has 94 valence electrons. The van der Waals surface area contributed by atoms with Gasteiger partial charge in [0, 0.05) is 17.7 Å². The van der Waals surface area contributed by atoms with Crippen LogP contribution in [-0.4, -0.2) is 12.0 Å². The van der Waals surface area contributed by atoms with Gasteiger partial charge in [-0.1, -0.05) is 0 Å². The molecule has 19 heavy (non-hydrogen) atoms. The first-order chi connectivity index (χ1) is 9.15. The van der Waals surface area contributed by atoms with Gasteiger partial charge in [-0.05, 0) is 35.9 Å². The van der Waals surface area contributed by atoms with Crippen molar-refractivity contribution in [1.29, 1.82) is 5.26 Å². The molecule has 0 bridgehead atoms. The first kappa shape index (κ1) is 12.6. The van der Waals surface area contributed by atoms with E-state index in [1.807, 2.05) is 0 Å². The SMILES string of the molecule is COc1ccc(C#N)c(-c2ccc([N+](=O)[O-])cc2)c1. The summed E-state index contributed by atoms with van der Waals surface area (Å²) in [5.41, 5.74) is 1.94. The summed E-state index contributed by atoms with van der Waals surface area (Å²) < 4.78 is 5.12. The van der Waals surface area contributed by atoms with Crippen molar-refractivity contribution in [2.24, 2.45) is 0 Å². The second kappa shape index (κ2) is 5.19. The Balaban J connectivity index is 2.51. The molecule has 0 aromatic heterocycles. The zero-order valence-electron chi connectivity index (χ0n) is 10.2. The fraction of sp³-hybridized carbons (Fsp3) is 0.0714. The fourth-order valence-corrected chi connectivity index (χ4v) is 1.75. The van der Waals surface area contributed by atoms with Crippen LogP contribution in [-0.2, 0) is 0 Å². The molecular formula is C14H10N2O3. The zero-order valence-corrected chi connectivity index (χ0v) is 10.2. The largest absolute Gasteiger partial charge is 0.497 e. The standard InChI is InChI=1S/C14H10N2O3/c1-19-13-7-4-11(9-15)14(8-13)10-2-5-12(6-3-10)16(17)18/h2-8H,1H3. The molecule has 5 nitrogen and oxygen atoms in total. The molecule has 0 aliphatic heterocycles. The van der Waals surface area contributed by atoms with E-state index in [0.29, 0.717) is 16.9 Å². The van der Waals surface area contributed by atoms with Gasteiger partial charge in [0.1, 0.15) is 5.75 Å². The molecule has 0 aliphatic rings. The molecular weight excluding hydrogens is 244 g/mol. The van der Waals surface area contributed by atoms with Crippen molar-refractivity contribution in [3.8, 4) is 22.9 Å². The summed E-state index contributed by atoms with van der Waals surface area (Å²) in [5, 5.41) is 19.7. The van der Waals surface area contributed by atoms with Crippen molar-refractivity contribution >= 4 is 5.69 Å². The molecule has 2 aromatic carbocycles. The number of benzene rings is 2. The maximum atomic E-state index is 10.6. The summed E-state index contributed by atoms with van der Waals surface area (Å²) in [7, 11) is 1.54. The third-order valence-electron chi connectivity index (χ3n) is 2.74. The third kappa shape index (κ3) is 2.53. The van der Waals surface area contributed by atoms with Crippen molar-refractivity contribution in [3.63, 3.8) is 0 Å². The van der Waals surface area contributed by atoms with E-state index >= 15 is 0 Å². The van der Waals surface area contributed by atoms with Crippen molar-refractivity contribution in [2.75, 3.05) is 7.11 Å². The molecule has 0 amide bonds. The van der Waals surface area contributed by atoms with E-state index in [9.17, 15) is 10.1 Å². The molecule has 0 fully saturated rings. The Kier molecular flexibility index (Phi) is 3.44. The Morgan fingerprint density at radius 1 is 1.21 bits per heavy atom. The monoisotopic (exact) mass is 254 g/mol. The highest BCUT2D eigenvalue weighted by atomic mass is 16.6. The lowest BCUT2D eigenvalue weighted by Gasteiger charge is -2.07. The van der Waals surface area contributed by atoms with Gasteiger partial charge in [0.05, 0.1) is 23.7 Å². The zero-order chi connectivity index (χ0) is 13.8. The van der Waals surface area contributed by atoms with E-state index in [2.05, 4.69) is 6.07 Å². The summed E-state index contributed by atoms with van der Waals surface area (Å²) in [6, 6.07) is 13.3. The predicted octanol–water partition coefficient (Wildman–Crippen LogP) is 3.14. The van der Waals surface area contributed by atoms with Gasteiger partial charge >= 0.3 is 0 Å². The number of nitriles is 1. The number of hydrogen-bond donors (Lipinski definition) is 0. The van der Waals surface area contributed by atoms with E-state index < -0.39 is 4.92 Å². The van der Waals surface area contributed by atoms with Crippen LogP contribution in [0.25, 0.3) is 11.1 Å². The normalized spacial score (nSPS) is 9.68. The van der Waals surface area contributed by atoms with Crippen LogP contribution in [0.2, 0.25) is 0 Å². The molecule has 0 spiro atoms. The molecule has 2 aromatic rings. The molecule has 0 aliphatic carbocycles. The van der Waals surface area contributed by atoms with Crippen LogP contribution in [0, 0.1) is 21.4 Å². The molecule has 0 unspecified atom stereocenters. The van der Waals surface area contributed by atoms with E-state index in [4.69, 9.17) is 10.00 Å². The number of nitro benzene ring substituents is 1. The van der Waals surface area contributed by atoms with Crippen LogP contribution in [0.1, 0.15) is 5.56 Å². The second-order valence-corrected chi connectivity index (χ2v) is 3.83. The lowest BCUT2D eigenvalue weighted by Crippen LogP contribution is -1.90. The van der Waals surface area contributed by atoms with E-state index in [1.54, 1.807) is 37.4 Å². The van der Waals surface area contributed by atoms with Gasteiger partial charge in [-0.2, -0.15) is 5.26 Å². The van der Waals surface area contributed by atoms with Crippen LogP contribution in [0.5, 0.6) is 5.75 Å². The van der Waals surface area contributed by atoms with Gasteiger partial charge in [-0.15, -0.1) is 0 Å². The van der Waals surface area contributed by atoms with Crippen molar-refractivity contribution in [1.82, 2.24) is 0 Å². The van der Waals surface area contributed by atoms with Crippen LogP contribution >= 0.6 is 0 Å². The molecule has 2 rings (SSSR count). The number of rotatable bonds is 3. The van der Waals surface area contributed by atoms with Gasteiger partial charge in [-0.3, -0.25) is 10.1 Å². The quantitative estimate of drug-likeness (QED) is 0.622. The Labute approximate surface area is 109 Å². The van der Waals surface area contributed by atoms with Crippen molar-refractivity contribution < 1.29 is 9.66 Å². The van der Waals surface area contributed by atoms with Crippen molar-refractivity contribution in [3.05, 3.63) is 58.1 Å². The molecule has 0 saturated carbocycles. The maximum Gasteiger partial charge on any atom is 0.269 e. The minimum absolute atomic E-state index is 0.0187. The molecule has 0 heterocycles. The number of nitrogens with zero attached hydrogens (tertiary/aromatic N) is 2. The number of hydrogen-bond acceptors (Lipinski definition) is 4. The van der Waals surface area contributed by atoms with E-state index in [1.165, 1.54) is 12.1 Å². The van der Waals surface area contributed by atoms with Crippen LogP contribution < -0.4 is 4.74 Å². The van der Waals surface area contributed by atoms with Crippen molar-refractivity contribution in [2.45, 2.75) is 0 Å². The highest BCUT2D eigenvalue weighted by Gasteiger charge is 2.09. The van der Waals surface area contributed by atoms with Gasteiger partial charge in [0.25, 0.3) is 5.69 Å². The predicted molar refractivity (Wildman–Crippen MR) is 69.8 cm³/mol. The lowest BCUT2D eigenvalue weighted by molar-refractivity contribution is -0.384. The minimum Gasteiger partial charge on any atom is -0.497 e. The molecule has 0 radical (unpaired) electrons. The van der Waals surface area contributed by atoms with Gasteiger partial charge < -0.3 is 4.74 Å². The Morgan fingerprint density at radius 2 is 1.89 bits per heavy atom. The summed E-state index contributed by atoms with van der Waals surface area (Å²) in [6.07, 6.45) is 0. The summed E-state index contributed by atoms with van der Waals surface area (Å²) in [6.45, 7) is 0. The minimum atomic E-state index is -0.458. The van der Waals surface area contributed by atoms with Crippen LogP contribution in [0.15, 0.2) is 42.5 Å². The van der Waals surface area contributed by atoms with E-state index in [-0.39, 0.29) is 5.69 Å². The molecule has 0 saturated heterocycles. The van der Waals surface area contributed by atoms with Crippen LogP contribution in [0.4, 0.5) is 5.69 Å². The Hall–Kier alpha value is -2.87. The number of ether oxygens (including phenoxy) is 1. The molecule has 0 N–H and O–H groups in total. The first-order valence-electron chi connectivity index (χ1n) is 5.48. The van der Waals surface area contributed by atoms with E-state index in [0.717, 1.165) is 5.56 Å². The Bertz CT molecular complexity index is 657. The Morgan fingerprint density at radius 3 is 2.42 bits per heavy atom. The summed E-state index contributed by atoms with van der Waals surface area (Å²) in [4.78, 5) is 10.1. The van der Waals surface area contributed by atoms with Gasteiger partial charge in [0.15, 0.2) is 0 Å². The number of non-ortho nitro benzene ring substituents is 1. The summed E-state index contributed by atoms with van der Waals surface area (Å²) in [5.74, 6) is 0.632. The molecule has 5 heteroatoms. The average Bonchev–Trinajstić information content (AvgIpc) is 2.46. The average molecular weight is 254 g/mol. The first-order valence-corrected chi connectivity index (χ1v) is 5.48. The highest BCUT2D eigenvalue weighted by Crippen LogP contribution is 2.28. The number of nitro groups is 1. The lowest BCUT2D eigenvalue weighted by atomic mass is 10.00. The fourth-order valence-electron chi connectivity index (χ4n) is 1.75. The maximum absolute atomic E-state index is 10.6. The van der Waals surface area contributed by atoms with Gasteiger partial charge in [-0.25, -0.2) is 0 Å². The topological polar surface area (TPSA) is 76.2 Å². The molecule has 0 atom stereocenters. The van der Waals surface area contributed by atoms with Crippen LogP contribution in [0.3, 0.4) is 0 Å². The smallest absolute Gasteiger partial charge is 0.269 e. The number of methoxy groups -OCH3 is 1. The second-order valence-electron chi connectivity index (χ2n) is 3.83. The van der Waals surface area contributed by atoms with Gasteiger partial charge in [0.2, 0.25) is 0 Å². The highest BCUT2D eigenvalue weighted by molar-refractivity contribution is 5.72. The third-order valence-corrected chi connectivity index (χ3v) is 2.74.